The van der Waals surface area contributed by atoms with Crippen molar-refractivity contribution in [3.05, 3.63) is 12.0 Å². The van der Waals surface area contributed by atoms with Gasteiger partial charge in [-0.2, -0.15) is 0 Å². The number of ether oxygens (including phenoxy) is 2. The first-order valence-corrected chi connectivity index (χ1v) is 5.75. The Hall–Kier alpha value is -1.23. The lowest BCUT2D eigenvalue weighted by Crippen LogP contribution is -2.43. The van der Waals surface area contributed by atoms with E-state index in [-0.39, 0.29) is 5.91 Å². The summed E-state index contributed by atoms with van der Waals surface area (Å²) in [4.78, 5) is 13.8. The van der Waals surface area contributed by atoms with Crippen LogP contribution in [0, 0.1) is 5.92 Å². The second-order valence-electron chi connectivity index (χ2n) is 4.20. The van der Waals surface area contributed by atoms with Gasteiger partial charge in [0.05, 0.1) is 0 Å². The van der Waals surface area contributed by atoms with E-state index in [1.165, 1.54) is 6.26 Å². The monoisotopic (exact) mass is 226 g/mol. The van der Waals surface area contributed by atoms with Crippen LogP contribution in [0.25, 0.3) is 0 Å². The number of likely N-dealkylation sites (tertiary alicyclic amines) is 1. The van der Waals surface area contributed by atoms with Gasteiger partial charge in [-0.15, -0.1) is 0 Å². The fraction of sp³-hybridized carbons (Fsp3) is 0.727. The van der Waals surface area contributed by atoms with Crippen molar-refractivity contribution in [2.45, 2.75) is 12.8 Å². The van der Waals surface area contributed by atoms with Crippen LogP contribution in [0.1, 0.15) is 12.8 Å². The fourth-order valence-corrected chi connectivity index (χ4v) is 2.08. The molecule has 16 heavy (non-hydrogen) atoms. The molecule has 2 rings (SSSR count). The van der Waals surface area contributed by atoms with Crippen LogP contribution in [0.5, 0.6) is 0 Å². The molecule has 0 bridgehead atoms. The molecule has 1 amide bonds. The van der Waals surface area contributed by atoms with Crippen LogP contribution >= 0.6 is 0 Å². The highest BCUT2D eigenvalue weighted by Gasteiger charge is 2.27. The van der Waals surface area contributed by atoms with Gasteiger partial charge in [-0.3, -0.25) is 4.79 Å². The standard InChI is InChI=1S/C11H18N2O3/c12-6-9-2-1-3-13(7-9)11(14)10-8-15-4-5-16-10/h8-9H,1-7,12H2. The van der Waals surface area contributed by atoms with Crippen molar-refractivity contribution < 1.29 is 14.3 Å². The summed E-state index contributed by atoms with van der Waals surface area (Å²) in [6.07, 6.45) is 3.54. The molecule has 0 spiro atoms. The third-order valence-electron chi connectivity index (χ3n) is 3.00. The van der Waals surface area contributed by atoms with E-state index in [1.54, 1.807) is 0 Å². The molecule has 1 saturated heterocycles. The third kappa shape index (κ3) is 2.47. The summed E-state index contributed by atoms with van der Waals surface area (Å²) in [6.45, 7) is 3.13. The summed E-state index contributed by atoms with van der Waals surface area (Å²) in [6, 6.07) is 0. The molecule has 2 heterocycles. The number of carbonyl (C=O) groups is 1. The predicted octanol–water partition coefficient (Wildman–Crippen LogP) is 0.0719. The van der Waals surface area contributed by atoms with Crippen LogP contribution in [-0.4, -0.2) is 43.7 Å². The first kappa shape index (κ1) is 11.3. The lowest BCUT2D eigenvalue weighted by molar-refractivity contribution is -0.134. The van der Waals surface area contributed by atoms with E-state index >= 15 is 0 Å². The minimum absolute atomic E-state index is 0.0714. The maximum atomic E-state index is 12.0. The Morgan fingerprint density at radius 2 is 2.44 bits per heavy atom. The first-order chi connectivity index (χ1) is 7.81. The average Bonchev–Trinajstić information content (AvgIpc) is 2.39. The van der Waals surface area contributed by atoms with E-state index in [0.717, 1.165) is 25.9 Å². The Labute approximate surface area is 95.2 Å². The Morgan fingerprint density at radius 1 is 1.56 bits per heavy atom. The summed E-state index contributed by atoms with van der Waals surface area (Å²) in [5.74, 6) is 0.671. The highest BCUT2D eigenvalue weighted by Crippen LogP contribution is 2.18. The molecule has 5 heteroatoms. The van der Waals surface area contributed by atoms with E-state index < -0.39 is 0 Å². The van der Waals surface area contributed by atoms with Gasteiger partial charge in [0.2, 0.25) is 5.76 Å². The molecule has 2 N–H and O–H groups in total. The number of nitrogens with two attached hydrogens (primary N) is 1. The number of rotatable bonds is 2. The van der Waals surface area contributed by atoms with Gasteiger partial charge in [0.25, 0.3) is 5.91 Å². The third-order valence-corrected chi connectivity index (χ3v) is 3.00. The van der Waals surface area contributed by atoms with Crippen LogP contribution in [0.4, 0.5) is 0 Å². The molecule has 0 aliphatic carbocycles. The lowest BCUT2D eigenvalue weighted by Gasteiger charge is -2.32. The molecule has 2 aliphatic rings. The molecule has 1 unspecified atom stereocenters. The zero-order chi connectivity index (χ0) is 11.4. The number of hydrogen-bond acceptors (Lipinski definition) is 4. The SMILES string of the molecule is NCC1CCCN(C(=O)C2=COCCO2)C1. The molecule has 5 nitrogen and oxygen atoms in total. The maximum absolute atomic E-state index is 12.0. The van der Waals surface area contributed by atoms with Gasteiger partial charge in [0.15, 0.2) is 0 Å². The van der Waals surface area contributed by atoms with Crippen molar-refractivity contribution in [1.29, 1.82) is 0 Å². The summed E-state index contributed by atoms with van der Waals surface area (Å²) >= 11 is 0. The number of hydrogen-bond donors (Lipinski definition) is 1. The normalized spacial score (nSPS) is 25.4. The second kappa shape index (κ2) is 5.21. The predicted molar refractivity (Wildman–Crippen MR) is 58.3 cm³/mol. The van der Waals surface area contributed by atoms with Gasteiger partial charge in [0.1, 0.15) is 19.5 Å². The van der Waals surface area contributed by atoms with Gasteiger partial charge >= 0.3 is 0 Å². The minimum atomic E-state index is -0.0714. The summed E-state index contributed by atoms with van der Waals surface area (Å²) in [7, 11) is 0. The van der Waals surface area contributed by atoms with Crippen LogP contribution in [0.15, 0.2) is 12.0 Å². The molecule has 0 radical (unpaired) electrons. The van der Waals surface area contributed by atoms with Crippen LogP contribution in [0.3, 0.4) is 0 Å². The van der Waals surface area contributed by atoms with Crippen LogP contribution < -0.4 is 5.73 Å². The molecule has 0 aromatic carbocycles. The quantitative estimate of drug-likeness (QED) is 0.723. The van der Waals surface area contributed by atoms with E-state index in [1.807, 2.05) is 4.90 Å². The van der Waals surface area contributed by atoms with E-state index in [2.05, 4.69) is 0 Å². The molecular formula is C11H18N2O3. The number of carbonyl (C=O) groups excluding carboxylic acids is 1. The molecule has 2 aliphatic heterocycles. The molecule has 90 valence electrons. The maximum Gasteiger partial charge on any atom is 0.292 e. The van der Waals surface area contributed by atoms with E-state index in [0.29, 0.717) is 31.4 Å². The smallest absolute Gasteiger partial charge is 0.292 e. The van der Waals surface area contributed by atoms with Gasteiger partial charge in [-0.25, -0.2) is 0 Å². The molecular weight excluding hydrogens is 208 g/mol. The number of amides is 1. The molecule has 0 aromatic heterocycles. The van der Waals surface area contributed by atoms with Crippen molar-refractivity contribution in [3.8, 4) is 0 Å². The largest absolute Gasteiger partial charge is 0.494 e. The van der Waals surface area contributed by atoms with Crippen molar-refractivity contribution in [2.75, 3.05) is 32.8 Å². The van der Waals surface area contributed by atoms with Crippen LogP contribution in [0.2, 0.25) is 0 Å². The molecule has 1 fully saturated rings. The Bertz CT molecular complexity index is 291. The van der Waals surface area contributed by atoms with Crippen molar-refractivity contribution in [2.24, 2.45) is 11.7 Å². The zero-order valence-corrected chi connectivity index (χ0v) is 9.35. The molecule has 0 aromatic rings. The Morgan fingerprint density at radius 3 is 3.12 bits per heavy atom. The number of piperidine rings is 1. The van der Waals surface area contributed by atoms with Crippen molar-refractivity contribution in [1.82, 2.24) is 4.90 Å². The fourth-order valence-electron chi connectivity index (χ4n) is 2.08. The van der Waals surface area contributed by atoms with Crippen molar-refractivity contribution >= 4 is 5.91 Å². The lowest BCUT2D eigenvalue weighted by atomic mass is 9.98. The molecule has 0 saturated carbocycles. The highest BCUT2D eigenvalue weighted by molar-refractivity contribution is 5.91. The number of nitrogens with zero attached hydrogens (tertiary/aromatic N) is 1. The van der Waals surface area contributed by atoms with Crippen molar-refractivity contribution in [3.63, 3.8) is 0 Å². The first-order valence-electron chi connectivity index (χ1n) is 5.75. The van der Waals surface area contributed by atoms with Crippen LogP contribution in [-0.2, 0) is 14.3 Å². The summed E-state index contributed by atoms with van der Waals surface area (Å²) < 4.78 is 10.4. The Balaban J connectivity index is 1.95. The van der Waals surface area contributed by atoms with Gasteiger partial charge in [-0.1, -0.05) is 0 Å². The van der Waals surface area contributed by atoms with Gasteiger partial charge in [-0.05, 0) is 25.3 Å². The Kier molecular flexibility index (Phi) is 3.66. The summed E-state index contributed by atoms with van der Waals surface area (Å²) in [5.41, 5.74) is 5.64. The van der Waals surface area contributed by atoms with E-state index in [4.69, 9.17) is 15.2 Å². The molecule has 1 atom stereocenters. The summed E-state index contributed by atoms with van der Waals surface area (Å²) in [5, 5.41) is 0. The zero-order valence-electron chi connectivity index (χ0n) is 9.35. The van der Waals surface area contributed by atoms with Gasteiger partial charge < -0.3 is 20.1 Å². The average molecular weight is 226 g/mol. The minimum Gasteiger partial charge on any atom is -0.494 e. The van der Waals surface area contributed by atoms with Gasteiger partial charge in [0, 0.05) is 13.1 Å². The second-order valence-corrected chi connectivity index (χ2v) is 4.20. The highest BCUT2D eigenvalue weighted by atomic mass is 16.6. The van der Waals surface area contributed by atoms with E-state index in [9.17, 15) is 4.79 Å². The topological polar surface area (TPSA) is 64.8 Å².